The number of H-pyrrole nitrogens is 1. The molecule has 1 unspecified atom stereocenters. The SMILES string of the molecule is CCCNC(c1ccc2[nH]c(=O)oc2c1)c1ccc(Br)s1. The molecule has 0 saturated heterocycles. The number of halogens is 1. The number of hydrogen-bond donors (Lipinski definition) is 2. The second-order valence-corrected chi connectivity index (χ2v) is 7.29. The fourth-order valence-corrected chi connectivity index (χ4v) is 3.82. The van der Waals surface area contributed by atoms with E-state index in [4.69, 9.17) is 4.42 Å². The van der Waals surface area contributed by atoms with Crippen molar-refractivity contribution in [2.75, 3.05) is 6.54 Å². The van der Waals surface area contributed by atoms with Crippen LogP contribution >= 0.6 is 27.3 Å². The molecule has 2 heterocycles. The summed E-state index contributed by atoms with van der Waals surface area (Å²) in [6.07, 6.45) is 1.06. The number of aromatic amines is 1. The molecule has 0 saturated carbocycles. The first-order valence-corrected chi connectivity index (χ1v) is 8.39. The zero-order valence-corrected chi connectivity index (χ0v) is 13.9. The van der Waals surface area contributed by atoms with E-state index in [1.54, 1.807) is 11.3 Å². The third-order valence-corrected chi connectivity index (χ3v) is 4.94. The minimum atomic E-state index is -0.418. The largest absolute Gasteiger partial charge is 0.417 e. The van der Waals surface area contributed by atoms with Crippen molar-refractivity contribution in [1.29, 1.82) is 0 Å². The highest BCUT2D eigenvalue weighted by Gasteiger charge is 2.16. The molecule has 110 valence electrons. The van der Waals surface area contributed by atoms with E-state index in [0.29, 0.717) is 5.58 Å². The van der Waals surface area contributed by atoms with Gasteiger partial charge in [0, 0.05) is 4.88 Å². The Kier molecular flexibility index (Phi) is 4.28. The number of hydrogen-bond acceptors (Lipinski definition) is 4. The van der Waals surface area contributed by atoms with Gasteiger partial charge in [-0.3, -0.25) is 4.98 Å². The summed E-state index contributed by atoms with van der Waals surface area (Å²) in [6, 6.07) is 10.1. The van der Waals surface area contributed by atoms with Crippen LogP contribution in [-0.4, -0.2) is 11.5 Å². The van der Waals surface area contributed by atoms with Crippen LogP contribution in [0.15, 0.2) is 43.3 Å². The molecule has 0 bridgehead atoms. The van der Waals surface area contributed by atoms with Crippen LogP contribution < -0.4 is 11.1 Å². The zero-order valence-electron chi connectivity index (χ0n) is 11.5. The van der Waals surface area contributed by atoms with Gasteiger partial charge in [0.25, 0.3) is 0 Å². The molecule has 2 N–H and O–H groups in total. The molecule has 0 aliphatic rings. The molecule has 0 aliphatic heterocycles. The van der Waals surface area contributed by atoms with Crippen LogP contribution in [0, 0.1) is 0 Å². The van der Waals surface area contributed by atoms with Gasteiger partial charge < -0.3 is 9.73 Å². The van der Waals surface area contributed by atoms with Crippen LogP contribution in [0.2, 0.25) is 0 Å². The van der Waals surface area contributed by atoms with Gasteiger partial charge in [-0.2, -0.15) is 0 Å². The maximum atomic E-state index is 11.3. The predicted molar refractivity (Wildman–Crippen MR) is 89.0 cm³/mol. The van der Waals surface area contributed by atoms with Crippen molar-refractivity contribution in [3.63, 3.8) is 0 Å². The first-order valence-electron chi connectivity index (χ1n) is 6.79. The number of oxazole rings is 1. The lowest BCUT2D eigenvalue weighted by Crippen LogP contribution is -2.22. The third kappa shape index (κ3) is 3.12. The summed E-state index contributed by atoms with van der Waals surface area (Å²) in [5, 5.41) is 3.55. The Morgan fingerprint density at radius 3 is 2.95 bits per heavy atom. The number of aromatic nitrogens is 1. The summed E-state index contributed by atoms with van der Waals surface area (Å²) < 4.78 is 6.27. The molecule has 0 fully saturated rings. The highest BCUT2D eigenvalue weighted by atomic mass is 79.9. The van der Waals surface area contributed by atoms with Gasteiger partial charge in [-0.15, -0.1) is 11.3 Å². The second kappa shape index (κ2) is 6.17. The van der Waals surface area contributed by atoms with E-state index in [0.717, 1.165) is 27.8 Å². The first-order chi connectivity index (χ1) is 10.2. The van der Waals surface area contributed by atoms with E-state index in [9.17, 15) is 4.79 Å². The molecular formula is C15H15BrN2O2S. The van der Waals surface area contributed by atoms with Crippen LogP contribution in [0.25, 0.3) is 11.1 Å². The number of fused-ring (bicyclic) bond motifs is 1. The van der Waals surface area contributed by atoms with Crippen molar-refractivity contribution in [2.45, 2.75) is 19.4 Å². The normalized spacial score (nSPS) is 12.9. The minimum absolute atomic E-state index is 0.103. The monoisotopic (exact) mass is 366 g/mol. The zero-order chi connectivity index (χ0) is 14.8. The fourth-order valence-electron chi connectivity index (χ4n) is 2.30. The highest BCUT2D eigenvalue weighted by Crippen LogP contribution is 2.32. The van der Waals surface area contributed by atoms with Gasteiger partial charge in [-0.05, 0) is 58.7 Å². The van der Waals surface area contributed by atoms with Gasteiger partial charge in [-0.25, -0.2) is 4.79 Å². The van der Waals surface area contributed by atoms with Gasteiger partial charge in [0.15, 0.2) is 5.58 Å². The topological polar surface area (TPSA) is 58.0 Å². The van der Waals surface area contributed by atoms with Crippen molar-refractivity contribution < 1.29 is 4.42 Å². The van der Waals surface area contributed by atoms with E-state index in [1.807, 2.05) is 18.2 Å². The van der Waals surface area contributed by atoms with Crippen LogP contribution in [0.4, 0.5) is 0 Å². The van der Waals surface area contributed by atoms with Gasteiger partial charge in [-0.1, -0.05) is 13.0 Å². The van der Waals surface area contributed by atoms with E-state index in [2.05, 4.69) is 45.3 Å². The number of benzene rings is 1. The van der Waals surface area contributed by atoms with Crippen molar-refractivity contribution in [1.82, 2.24) is 10.3 Å². The van der Waals surface area contributed by atoms with Crippen molar-refractivity contribution >= 4 is 38.4 Å². The maximum Gasteiger partial charge on any atom is 0.417 e. The molecule has 0 amide bonds. The molecule has 0 radical (unpaired) electrons. The smallest absolute Gasteiger partial charge is 0.408 e. The number of rotatable bonds is 5. The lowest BCUT2D eigenvalue weighted by atomic mass is 10.0. The maximum absolute atomic E-state index is 11.3. The van der Waals surface area contributed by atoms with Crippen LogP contribution in [0.5, 0.6) is 0 Å². The Morgan fingerprint density at radius 2 is 2.24 bits per heavy atom. The molecular weight excluding hydrogens is 352 g/mol. The summed E-state index contributed by atoms with van der Waals surface area (Å²) >= 11 is 5.22. The van der Waals surface area contributed by atoms with Crippen LogP contribution in [-0.2, 0) is 0 Å². The summed E-state index contributed by atoms with van der Waals surface area (Å²) in [4.78, 5) is 15.2. The Bertz CT molecular complexity index is 805. The Balaban J connectivity index is 2.02. The standard InChI is InChI=1S/C15H15BrN2O2S/c1-2-7-17-14(12-5-6-13(16)21-12)9-3-4-10-11(8-9)20-15(19)18-10/h3-6,8,14,17H,2,7H2,1H3,(H,18,19). The lowest BCUT2D eigenvalue weighted by Gasteiger charge is -2.17. The molecule has 3 rings (SSSR count). The molecule has 0 spiro atoms. The Hall–Kier alpha value is -1.37. The Morgan fingerprint density at radius 1 is 1.38 bits per heavy atom. The summed E-state index contributed by atoms with van der Waals surface area (Å²) in [5.41, 5.74) is 2.41. The average molecular weight is 367 g/mol. The lowest BCUT2D eigenvalue weighted by molar-refractivity contribution is 0.553. The average Bonchev–Trinajstić information content (AvgIpc) is 3.04. The molecule has 2 aromatic heterocycles. The van der Waals surface area contributed by atoms with Crippen molar-refractivity contribution in [3.05, 3.63) is 55.1 Å². The molecule has 0 aliphatic carbocycles. The Labute approximate surface area is 134 Å². The molecule has 21 heavy (non-hydrogen) atoms. The molecule has 3 aromatic rings. The van der Waals surface area contributed by atoms with Gasteiger partial charge in [0.1, 0.15) is 0 Å². The van der Waals surface area contributed by atoms with Gasteiger partial charge >= 0.3 is 5.76 Å². The number of thiophene rings is 1. The second-order valence-electron chi connectivity index (χ2n) is 4.80. The van der Waals surface area contributed by atoms with Gasteiger partial charge in [0.05, 0.1) is 15.3 Å². The molecule has 4 nitrogen and oxygen atoms in total. The van der Waals surface area contributed by atoms with Crippen molar-refractivity contribution in [3.8, 4) is 0 Å². The third-order valence-electron chi connectivity index (χ3n) is 3.26. The van der Waals surface area contributed by atoms with Crippen molar-refractivity contribution in [2.24, 2.45) is 0 Å². The van der Waals surface area contributed by atoms with E-state index < -0.39 is 5.76 Å². The molecule has 6 heteroatoms. The van der Waals surface area contributed by atoms with Crippen LogP contribution in [0.3, 0.4) is 0 Å². The van der Waals surface area contributed by atoms with E-state index in [-0.39, 0.29) is 6.04 Å². The van der Waals surface area contributed by atoms with Gasteiger partial charge in [0.2, 0.25) is 0 Å². The summed E-state index contributed by atoms with van der Waals surface area (Å²) in [6.45, 7) is 3.07. The quantitative estimate of drug-likeness (QED) is 0.716. The molecule has 1 aromatic carbocycles. The molecule has 1 atom stereocenters. The summed E-state index contributed by atoms with van der Waals surface area (Å²) in [5.74, 6) is -0.418. The highest BCUT2D eigenvalue weighted by molar-refractivity contribution is 9.11. The number of nitrogens with one attached hydrogen (secondary N) is 2. The minimum Gasteiger partial charge on any atom is -0.408 e. The summed E-state index contributed by atoms with van der Waals surface area (Å²) in [7, 11) is 0. The predicted octanol–water partition coefficient (Wildman–Crippen LogP) is 4.03. The van der Waals surface area contributed by atoms with Crippen LogP contribution in [0.1, 0.15) is 29.8 Å². The fraction of sp³-hybridized carbons (Fsp3) is 0.267. The first kappa shape index (κ1) is 14.6. The van der Waals surface area contributed by atoms with E-state index >= 15 is 0 Å². The van der Waals surface area contributed by atoms with E-state index in [1.165, 1.54) is 4.88 Å².